The second-order valence-corrected chi connectivity index (χ2v) is 7.29. The van der Waals surface area contributed by atoms with Crippen LogP contribution in [0.4, 0.5) is 0 Å². The SMILES string of the molecule is CC(CNC(=O)c1cc(-c2cccc(Cl)c2)n[nH]1)CN1CCCCC1. The number of amides is 1. The van der Waals surface area contributed by atoms with E-state index >= 15 is 0 Å². The number of likely N-dealkylation sites (tertiary alicyclic amines) is 1. The van der Waals surface area contributed by atoms with Gasteiger partial charge in [0.05, 0.1) is 5.69 Å². The summed E-state index contributed by atoms with van der Waals surface area (Å²) in [6, 6.07) is 9.20. The summed E-state index contributed by atoms with van der Waals surface area (Å²) in [5.41, 5.74) is 2.08. The number of hydrogen-bond donors (Lipinski definition) is 2. The molecular weight excluding hydrogens is 336 g/mol. The van der Waals surface area contributed by atoms with Crippen LogP contribution in [0.5, 0.6) is 0 Å². The van der Waals surface area contributed by atoms with Gasteiger partial charge in [-0.1, -0.05) is 37.1 Å². The minimum atomic E-state index is -0.119. The van der Waals surface area contributed by atoms with Crippen molar-refractivity contribution in [2.24, 2.45) is 5.92 Å². The number of carbonyl (C=O) groups is 1. The molecule has 25 heavy (non-hydrogen) atoms. The Morgan fingerprint density at radius 2 is 2.12 bits per heavy atom. The van der Waals surface area contributed by atoms with Gasteiger partial charge >= 0.3 is 0 Å². The van der Waals surface area contributed by atoms with Gasteiger partial charge in [0.25, 0.3) is 5.91 Å². The summed E-state index contributed by atoms with van der Waals surface area (Å²) in [5.74, 6) is 0.309. The summed E-state index contributed by atoms with van der Waals surface area (Å²) >= 11 is 6.01. The van der Waals surface area contributed by atoms with E-state index in [-0.39, 0.29) is 5.91 Å². The highest BCUT2D eigenvalue weighted by atomic mass is 35.5. The monoisotopic (exact) mass is 360 g/mol. The zero-order valence-corrected chi connectivity index (χ0v) is 15.4. The molecule has 1 amide bonds. The summed E-state index contributed by atoms with van der Waals surface area (Å²) in [7, 11) is 0. The number of hydrogen-bond acceptors (Lipinski definition) is 3. The van der Waals surface area contributed by atoms with Crippen LogP contribution >= 0.6 is 11.6 Å². The normalized spacial score (nSPS) is 16.6. The highest BCUT2D eigenvalue weighted by Gasteiger charge is 2.15. The smallest absolute Gasteiger partial charge is 0.269 e. The van der Waals surface area contributed by atoms with E-state index in [1.54, 1.807) is 6.07 Å². The summed E-state index contributed by atoms with van der Waals surface area (Å²) in [4.78, 5) is 14.8. The van der Waals surface area contributed by atoms with E-state index in [1.165, 1.54) is 32.4 Å². The third-order valence-electron chi connectivity index (χ3n) is 4.57. The molecule has 2 N–H and O–H groups in total. The number of nitrogens with one attached hydrogen (secondary N) is 2. The fourth-order valence-electron chi connectivity index (χ4n) is 3.24. The van der Waals surface area contributed by atoms with Gasteiger partial charge in [-0.2, -0.15) is 5.10 Å². The molecule has 0 bridgehead atoms. The van der Waals surface area contributed by atoms with Crippen LogP contribution in [-0.2, 0) is 0 Å². The molecule has 0 spiro atoms. The van der Waals surface area contributed by atoms with E-state index in [1.807, 2.05) is 24.3 Å². The molecule has 1 unspecified atom stereocenters. The maximum absolute atomic E-state index is 12.3. The molecule has 2 heterocycles. The van der Waals surface area contributed by atoms with Crippen molar-refractivity contribution in [2.45, 2.75) is 26.2 Å². The summed E-state index contributed by atoms with van der Waals surface area (Å²) in [6.07, 6.45) is 3.93. The molecule has 0 radical (unpaired) electrons. The Balaban J connectivity index is 1.51. The second kappa shape index (κ2) is 8.50. The summed E-state index contributed by atoms with van der Waals surface area (Å²) in [5, 5.41) is 10.7. The van der Waals surface area contributed by atoms with Crippen molar-refractivity contribution in [3.63, 3.8) is 0 Å². The molecule has 134 valence electrons. The van der Waals surface area contributed by atoms with Crippen LogP contribution in [0.3, 0.4) is 0 Å². The fraction of sp³-hybridized carbons (Fsp3) is 0.474. The van der Waals surface area contributed by atoms with Crippen LogP contribution in [0.2, 0.25) is 5.02 Å². The first-order chi connectivity index (χ1) is 12.1. The van der Waals surface area contributed by atoms with Crippen molar-refractivity contribution in [1.82, 2.24) is 20.4 Å². The molecule has 6 heteroatoms. The van der Waals surface area contributed by atoms with Crippen LogP contribution in [-0.4, -0.2) is 47.2 Å². The Labute approximate surface area is 153 Å². The van der Waals surface area contributed by atoms with Gasteiger partial charge in [-0.25, -0.2) is 0 Å². The van der Waals surface area contributed by atoms with Crippen molar-refractivity contribution < 1.29 is 4.79 Å². The molecule has 3 rings (SSSR count). The van der Waals surface area contributed by atoms with Gasteiger partial charge in [-0.3, -0.25) is 9.89 Å². The second-order valence-electron chi connectivity index (χ2n) is 6.85. The molecular formula is C19H25ClN4O. The lowest BCUT2D eigenvalue weighted by molar-refractivity contribution is 0.0937. The number of aromatic amines is 1. The first-order valence-electron chi connectivity index (χ1n) is 8.94. The summed E-state index contributed by atoms with van der Waals surface area (Å²) < 4.78 is 0. The minimum Gasteiger partial charge on any atom is -0.350 e. The van der Waals surface area contributed by atoms with Gasteiger partial charge in [-0.15, -0.1) is 0 Å². The van der Waals surface area contributed by atoms with Crippen LogP contribution < -0.4 is 5.32 Å². The first-order valence-corrected chi connectivity index (χ1v) is 9.31. The number of nitrogens with zero attached hydrogens (tertiary/aromatic N) is 2. The highest BCUT2D eigenvalue weighted by Crippen LogP contribution is 2.21. The number of H-pyrrole nitrogens is 1. The van der Waals surface area contributed by atoms with Crippen LogP contribution in [0.25, 0.3) is 11.3 Å². The lowest BCUT2D eigenvalue weighted by Gasteiger charge is -2.29. The number of aromatic nitrogens is 2. The zero-order chi connectivity index (χ0) is 17.6. The Morgan fingerprint density at radius 1 is 1.32 bits per heavy atom. The van der Waals surface area contributed by atoms with E-state index in [2.05, 4.69) is 27.3 Å². The van der Waals surface area contributed by atoms with Crippen molar-refractivity contribution in [3.05, 3.63) is 41.0 Å². The third-order valence-corrected chi connectivity index (χ3v) is 4.81. The van der Waals surface area contributed by atoms with E-state index in [0.717, 1.165) is 12.1 Å². The van der Waals surface area contributed by atoms with Gasteiger partial charge < -0.3 is 10.2 Å². The molecule has 1 aliphatic rings. The van der Waals surface area contributed by atoms with E-state index in [4.69, 9.17) is 11.6 Å². The van der Waals surface area contributed by atoms with Crippen molar-refractivity contribution >= 4 is 17.5 Å². The quantitative estimate of drug-likeness (QED) is 0.827. The topological polar surface area (TPSA) is 61.0 Å². The Bertz CT molecular complexity index is 709. The maximum atomic E-state index is 12.3. The van der Waals surface area contributed by atoms with Crippen LogP contribution in [0.15, 0.2) is 30.3 Å². The van der Waals surface area contributed by atoms with Crippen molar-refractivity contribution in [2.75, 3.05) is 26.2 Å². The number of carbonyl (C=O) groups excluding carboxylic acids is 1. The Kier molecular flexibility index (Phi) is 6.10. The van der Waals surface area contributed by atoms with Gasteiger partial charge in [-0.05, 0) is 50.0 Å². The molecule has 1 saturated heterocycles. The lowest BCUT2D eigenvalue weighted by Crippen LogP contribution is -2.38. The first kappa shape index (κ1) is 18.0. The third kappa shape index (κ3) is 5.06. The Morgan fingerprint density at radius 3 is 2.88 bits per heavy atom. The lowest BCUT2D eigenvalue weighted by atomic mass is 10.1. The van der Waals surface area contributed by atoms with Gasteiger partial charge in [0.15, 0.2) is 0 Å². The molecule has 1 fully saturated rings. The predicted molar refractivity (Wildman–Crippen MR) is 101 cm³/mol. The van der Waals surface area contributed by atoms with Gasteiger partial charge in [0, 0.05) is 23.7 Å². The number of halogens is 1. The van der Waals surface area contributed by atoms with E-state index in [0.29, 0.717) is 28.9 Å². The van der Waals surface area contributed by atoms with Crippen LogP contribution in [0, 0.1) is 5.92 Å². The standard InChI is InChI=1S/C19H25ClN4O/c1-14(13-24-8-3-2-4-9-24)12-21-19(25)18-11-17(22-23-18)15-6-5-7-16(20)10-15/h5-7,10-11,14H,2-4,8-9,12-13H2,1H3,(H,21,25)(H,22,23). The number of benzene rings is 1. The molecule has 1 atom stereocenters. The number of piperidine rings is 1. The molecule has 2 aromatic rings. The molecule has 1 aliphatic heterocycles. The van der Waals surface area contributed by atoms with Gasteiger partial charge in [0.2, 0.25) is 0 Å². The maximum Gasteiger partial charge on any atom is 0.269 e. The minimum absolute atomic E-state index is 0.119. The van der Waals surface area contributed by atoms with Gasteiger partial charge in [0.1, 0.15) is 5.69 Å². The molecule has 0 aliphatic carbocycles. The molecule has 1 aromatic heterocycles. The molecule has 0 saturated carbocycles. The summed E-state index contributed by atoms with van der Waals surface area (Å²) in [6.45, 7) is 6.25. The van der Waals surface area contributed by atoms with E-state index in [9.17, 15) is 4.79 Å². The highest BCUT2D eigenvalue weighted by molar-refractivity contribution is 6.30. The fourth-order valence-corrected chi connectivity index (χ4v) is 3.43. The average Bonchev–Trinajstić information content (AvgIpc) is 3.11. The molecule has 5 nitrogen and oxygen atoms in total. The van der Waals surface area contributed by atoms with Crippen LogP contribution in [0.1, 0.15) is 36.7 Å². The van der Waals surface area contributed by atoms with E-state index < -0.39 is 0 Å². The number of rotatable bonds is 6. The van der Waals surface area contributed by atoms with Crippen molar-refractivity contribution in [1.29, 1.82) is 0 Å². The van der Waals surface area contributed by atoms with Crippen molar-refractivity contribution in [3.8, 4) is 11.3 Å². The average molecular weight is 361 g/mol. The zero-order valence-electron chi connectivity index (χ0n) is 14.6. The largest absolute Gasteiger partial charge is 0.350 e. The molecule has 1 aromatic carbocycles. The predicted octanol–water partition coefficient (Wildman–Crippen LogP) is 3.58. The Hall–Kier alpha value is -1.85.